The lowest BCUT2D eigenvalue weighted by Gasteiger charge is -2.31. The molecular weight excluding hydrogens is 422 g/mol. The molecular formula is C22H22BrNO4. The van der Waals surface area contributed by atoms with E-state index >= 15 is 0 Å². The van der Waals surface area contributed by atoms with Gasteiger partial charge in [0.2, 0.25) is 0 Å². The number of alkyl halides is 1. The topological polar surface area (TPSA) is 55.8 Å². The van der Waals surface area contributed by atoms with Crippen molar-refractivity contribution < 1.29 is 19.1 Å². The van der Waals surface area contributed by atoms with Gasteiger partial charge in [0, 0.05) is 5.56 Å². The predicted octanol–water partition coefficient (Wildman–Crippen LogP) is 4.51. The lowest BCUT2D eigenvalue weighted by Crippen LogP contribution is -2.39. The van der Waals surface area contributed by atoms with Crippen LogP contribution < -0.4 is 4.90 Å². The van der Waals surface area contributed by atoms with E-state index in [1.807, 2.05) is 54.6 Å². The number of ether oxygens (including phenoxy) is 2. The average molecular weight is 444 g/mol. The number of nitrogens with zero attached hydrogens (tertiary/aromatic N) is 1. The normalized spacial score (nSPS) is 14.3. The van der Waals surface area contributed by atoms with Crippen molar-refractivity contribution >= 4 is 39.1 Å². The Hall–Kier alpha value is -2.60. The first kappa shape index (κ1) is 20.1. The van der Waals surface area contributed by atoms with E-state index in [1.165, 1.54) is 0 Å². The van der Waals surface area contributed by atoms with E-state index in [1.54, 1.807) is 18.7 Å². The maximum atomic E-state index is 13.4. The van der Waals surface area contributed by atoms with Crippen LogP contribution in [0.1, 0.15) is 25.0 Å². The zero-order chi connectivity index (χ0) is 20.1. The van der Waals surface area contributed by atoms with Gasteiger partial charge in [0.05, 0.1) is 22.5 Å². The summed E-state index contributed by atoms with van der Waals surface area (Å²) in [4.78, 5) is 26.8. The minimum Gasteiger partial charge on any atom is -0.475 e. The Morgan fingerprint density at radius 3 is 2.50 bits per heavy atom. The third-order valence-corrected chi connectivity index (χ3v) is 4.92. The van der Waals surface area contributed by atoms with Crippen LogP contribution in [-0.4, -0.2) is 23.9 Å². The highest BCUT2D eigenvalue weighted by molar-refractivity contribution is 9.09. The fourth-order valence-electron chi connectivity index (χ4n) is 2.91. The molecule has 0 atom stereocenters. The van der Waals surface area contributed by atoms with E-state index in [2.05, 4.69) is 15.9 Å². The number of esters is 1. The molecule has 0 N–H and O–H groups in total. The molecule has 6 heteroatoms. The van der Waals surface area contributed by atoms with Crippen LogP contribution >= 0.6 is 15.9 Å². The summed E-state index contributed by atoms with van der Waals surface area (Å²) in [6.07, 6.45) is 0. The first-order valence-electron chi connectivity index (χ1n) is 9.06. The first-order valence-corrected chi connectivity index (χ1v) is 10.2. The van der Waals surface area contributed by atoms with Crippen LogP contribution in [0.3, 0.4) is 0 Å². The van der Waals surface area contributed by atoms with Gasteiger partial charge in [-0.25, -0.2) is 0 Å². The molecule has 2 aromatic carbocycles. The molecule has 0 radical (unpaired) electrons. The van der Waals surface area contributed by atoms with Gasteiger partial charge in [-0.3, -0.25) is 14.5 Å². The minimum atomic E-state index is -0.275. The number of allylic oxidation sites excluding steroid dienone is 1. The second kappa shape index (κ2) is 9.06. The molecule has 0 aromatic heterocycles. The molecule has 0 bridgehead atoms. The average Bonchev–Trinajstić information content (AvgIpc) is 2.72. The SMILES string of the molecule is CC(C)C(=O)OCc1ccccc1N1COC(CBr)=C(c2ccccc2)C1=O. The second-order valence-corrected chi connectivity index (χ2v) is 7.26. The number of carbonyl (C=O) groups is 2. The Kier molecular flexibility index (Phi) is 6.52. The second-order valence-electron chi connectivity index (χ2n) is 6.70. The Balaban J connectivity index is 1.92. The van der Waals surface area contributed by atoms with Crippen molar-refractivity contribution in [3.63, 3.8) is 0 Å². The number of hydrogen-bond donors (Lipinski definition) is 0. The first-order chi connectivity index (χ1) is 13.5. The Morgan fingerprint density at radius 2 is 1.82 bits per heavy atom. The van der Waals surface area contributed by atoms with Crippen LogP contribution in [0.4, 0.5) is 5.69 Å². The number of carbonyl (C=O) groups excluding carboxylic acids is 2. The molecule has 0 unspecified atom stereocenters. The molecule has 2 aromatic rings. The van der Waals surface area contributed by atoms with Crippen molar-refractivity contribution in [2.24, 2.45) is 5.92 Å². The third-order valence-electron chi connectivity index (χ3n) is 4.41. The van der Waals surface area contributed by atoms with Gasteiger partial charge < -0.3 is 9.47 Å². The highest BCUT2D eigenvalue weighted by atomic mass is 79.9. The van der Waals surface area contributed by atoms with Gasteiger partial charge >= 0.3 is 5.97 Å². The maximum absolute atomic E-state index is 13.4. The Labute approximate surface area is 173 Å². The van der Waals surface area contributed by atoms with Gasteiger partial charge in [-0.2, -0.15) is 0 Å². The van der Waals surface area contributed by atoms with Crippen molar-refractivity contribution in [3.8, 4) is 0 Å². The highest BCUT2D eigenvalue weighted by Gasteiger charge is 2.31. The summed E-state index contributed by atoms with van der Waals surface area (Å²) in [6, 6.07) is 16.8. The molecule has 0 spiro atoms. The maximum Gasteiger partial charge on any atom is 0.308 e. The number of para-hydroxylation sites is 1. The molecule has 3 rings (SSSR count). The van der Waals surface area contributed by atoms with Crippen LogP contribution in [0.2, 0.25) is 0 Å². The van der Waals surface area contributed by atoms with E-state index in [-0.39, 0.29) is 31.1 Å². The molecule has 1 aliphatic rings. The van der Waals surface area contributed by atoms with Gasteiger partial charge in [-0.15, -0.1) is 0 Å². The van der Waals surface area contributed by atoms with Crippen molar-refractivity contribution in [2.75, 3.05) is 17.0 Å². The number of halogens is 1. The molecule has 5 nitrogen and oxygen atoms in total. The summed E-state index contributed by atoms with van der Waals surface area (Å²) in [5.41, 5.74) is 2.75. The number of benzene rings is 2. The van der Waals surface area contributed by atoms with Crippen LogP contribution in [0.15, 0.2) is 60.4 Å². The summed E-state index contributed by atoms with van der Waals surface area (Å²) in [5.74, 6) is -0.0191. The molecule has 1 aliphatic heterocycles. The lowest BCUT2D eigenvalue weighted by atomic mass is 10.0. The zero-order valence-corrected chi connectivity index (χ0v) is 17.4. The van der Waals surface area contributed by atoms with Gasteiger partial charge in [0.25, 0.3) is 5.91 Å². The minimum absolute atomic E-state index is 0.102. The third kappa shape index (κ3) is 4.28. The summed E-state index contributed by atoms with van der Waals surface area (Å²) in [6.45, 7) is 3.78. The fraction of sp³-hybridized carbons (Fsp3) is 0.273. The zero-order valence-electron chi connectivity index (χ0n) is 15.9. The molecule has 1 heterocycles. The highest BCUT2D eigenvalue weighted by Crippen LogP contribution is 2.32. The van der Waals surface area contributed by atoms with Crippen molar-refractivity contribution in [1.29, 1.82) is 0 Å². The van der Waals surface area contributed by atoms with Gasteiger partial charge in [0.1, 0.15) is 12.4 Å². The molecule has 28 heavy (non-hydrogen) atoms. The monoisotopic (exact) mass is 443 g/mol. The molecule has 0 saturated carbocycles. The smallest absolute Gasteiger partial charge is 0.308 e. The molecule has 1 amide bonds. The van der Waals surface area contributed by atoms with E-state index in [9.17, 15) is 9.59 Å². The largest absolute Gasteiger partial charge is 0.475 e. The summed E-state index contributed by atoms with van der Waals surface area (Å²) in [7, 11) is 0. The number of anilines is 1. The van der Waals surface area contributed by atoms with E-state index in [0.29, 0.717) is 22.3 Å². The van der Waals surface area contributed by atoms with Gasteiger partial charge in [0.15, 0.2) is 6.73 Å². The van der Waals surface area contributed by atoms with Gasteiger partial charge in [-0.1, -0.05) is 78.3 Å². The van der Waals surface area contributed by atoms with Gasteiger partial charge in [-0.05, 0) is 11.6 Å². The van der Waals surface area contributed by atoms with Crippen LogP contribution in [0, 0.1) is 5.92 Å². The molecule has 0 fully saturated rings. The predicted molar refractivity (Wildman–Crippen MR) is 112 cm³/mol. The lowest BCUT2D eigenvalue weighted by molar-refractivity contribution is -0.148. The van der Waals surface area contributed by atoms with Crippen molar-refractivity contribution in [2.45, 2.75) is 20.5 Å². The molecule has 0 aliphatic carbocycles. The van der Waals surface area contributed by atoms with Crippen molar-refractivity contribution in [3.05, 3.63) is 71.5 Å². The van der Waals surface area contributed by atoms with Crippen molar-refractivity contribution in [1.82, 2.24) is 0 Å². The molecule has 146 valence electrons. The number of hydrogen-bond acceptors (Lipinski definition) is 4. The summed E-state index contributed by atoms with van der Waals surface area (Å²) < 4.78 is 11.3. The quantitative estimate of drug-likeness (QED) is 0.486. The Bertz CT molecular complexity index is 892. The van der Waals surface area contributed by atoms with Crippen LogP contribution in [0.5, 0.6) is 0 Å². The molecule has 0 saturated heterocycles. The number of amides is 1. The van der Waals surface area contributed by atoms with Crippen LogP contribution in [0.25, 0.3) is 5.57 Å². The standard InChI is InChI=1S/C22H22BrNO4/c1-15(2)22(26)27-13-17-10-6-7-11-18(17)24-14-28-19(12-23)20(21(24)25)16-8-4-3-5-9-16/h3-11,15H,12-14H2,1-2H3. The van der Waals surface area contributed by atoms with Crippen LogP contribution in [-0.2, 0) is 25.7 Å². The summed E-state index contributed by atoms with van der Waals surface area (Å²) in [5, 5.41) is 0.449. The van der Waals surface area contributed by atoms with E-state index in [4.69, 9.17) is 9.47 Å². The number of rotatable bonds is 6. The Morgan fingerprint density at radius 1 is 1.14 bits per heavy atom. The fourth-order valence-corrected chi connectivity index (χ4v) is 3.36. The van der Waals surface area contributed by atoms with E-state index < -0.39 is 0 Å². The summed E-state index contributed by atoms with van der Waals surface area (Å²) >= 11 is 3.41. The van der Waals surface area contributed by atoms with E-state index in [0.717, 1.165) is 11.1 Å².